The highest BCUT2D eigenvalue weighted by atomic mass is 32.1. The molecule has 0 aliphatic rings. The average Bonchev–Trinajstić information content (AvgIpc) is 2.72. The Bertz CT molecular complexity index is 396. The number of aromatic nitrogens is 1. The number of nitrogens with zero attached hydrogens (tertiary/aromatic N) is 1. The van der Waals surface area contributed by atoms with Crippen LogP contribution in [0.25, 0.3) is 0 Å². The first-order chi connectivity index (χ1) is 8.36. The fraction of sp³-hybridized carbons (Fsp3) is 0.692. The van der Waals surface area contributed by atoms with E-state index in [2.05, 4.69) is 38.0 Å². The summed E-state index contributed by atoms with van der Waals surface area (Å²) in [5.74, 6) is 0.138. The summed E-state index contributed by atoms with van der Waals surface area (Å²) in [4.78, 5) is 15.7. The Kier molecular flexibility index (Phi) is 5.14. The summed E-state index contributed by atoms with van der Waals surface area (Å²) in [6, 6.07) is 0. The maximum Gasteiger partial charge on any atom is 0.360 e. The van der Waals surface area contributed by atoms with Gasteiger partial charge in [0, 0.05) is 6.54 Å². The van der Waals surface area contributed by atoms with Crippen molar-refractivity contribution >= 4 is 22.3 Å². The van der Waals surface area contributed by atoms with Crippen LogP contribution in [0.4, 0.5) is 5.00 Å². The molecule has 0 amide bonds. The number of hydrogen-bond donors (Lipinski definition) is 1. The molecular formula is C13H22N2O2S. The summed E-state index contributed by atoms with van der Waals surface area (Å²) in [5, 5.41) is 4.09. The zero-order valence-corrected chi connectivity index (χ0v) is 12.6. The molecule has 0 aromatic carbocycles. The van der Waals surface area contributed by atoms with Crippen LogP contribution in [0, 0.1) is 11.3 Å². The van der Waals surface area contributed by atoms with Gasteiger partial charge in [0.15, 0.2) is 5.69 Å². The average molecular weight is 270 g/mol. The molecular weight excluding hydrogens is 248 g/mol. The maximum atomic E-state index is 11.7. The molecule has 0 fully saturated rings. The lowest BCUT2D eigenvalue weighted by Gasteiger charge is -2.27. The highest BCUT2D eigenvalue weighted by Gasteiger charge is 2.21. The minimum atomic E-state index is -0.357. The summed E-state index contributed by atoms with van der Waals surface area (Å²) in [6.45, 7) is 11.8. The second kappa shape index (κ2) is 6.18. The Morgan fingerprint density at radius 3 is 2.78 bits per heavy atom. The molecule has 1 heterocycles. The van der Waals surface area contributed by atoms with Crippen LogP contribution in [0.15, 0.2) is 5.51 Å². The van der Waals surface area contributed by atoms with Crippen LogP contribution in [0.1, 0.15) is 45.1 Å². The lowest BCUT2D eigenvalue weighted by molar-refractivity contribution is 0.0521. The summed E-state index contributed by atoms with van der Waals surface area (Å²) in [5.41, 5.74) is 2.29. The fourth-order valence-electron chi connectivity index (χ4n) is 1.27. The van der Waals surface area contributed by atoms with Crippen LogP contribution in [-0.4, -0.2) is 24.1 Å². The van der Waals surface area contributed by atoms with Crippen molar-refractivity contribution in [2.24, 2.45) is 11.3 Å². The molecule has 0 aliphatic carbocycles. The molecule has 0 aliphatic heterocycles. The Balaban J connectivity index is 2.64. The standard InChI is InChI=1S/C13H22N2O2S/c1-6-17-12(16)10-11(18-8-15-10)14-7-9(2)13(3,4)5/h8-9,14H,6-7H2,1-5H3. The van der Waals surface area contributed by atoms with Gasteiger partial charge >= 0.3 is 5.97 Å². The van der Waals surface area contributed by atoms with E-state index in [1.807, 2.05) is 0 Å². The van der Waals surface area contributed by atoms with Crippen molar-refractivity contribution in [2.45, 2.75) is 34.6 Å². The molecule has 1 aromatic heterocycles. The quantitative estimate of drug-likeness (QED) is 0.833. The maximum absolute atomic E-state index is 11.7. The molecule has 18 heavy (non-hydrogen) atoms. The minimum absolute atomic E-state index is 0.238. The largest absolute Gasteiger partial charge is 0.461 e. The second-order valence-electron chi connectivity index (χ2n) is 5.40. The van der Waals surface area contributed by atoms with Gasteiger partial charge in [0.1, 0.15) is 5.00 Å². The van der Waals surface area contributed by atoms with Gasteiger partial charge in [-0.05, 0) is 18.3 Å². The highest BCUT2D eigenvalue weighted by Crippen LogP contribution is 2.27. The molecule has 1 N–H and O–H groups in total. The van der Waals surface area contributed by atoms with Crippen molar-refractivity contribution in [3.05, 3.63) is 11.2 Å². The van der Waals surface area contributed by atoms with Gasteiger partial charge in [-0.25, -0.2) is 9.78 Å². The summed E-state index contributed by atoms with van der Waals surface area (Å²) < 4.78 is 4.97. The normalized spacial score (nSPS) is 13.2. The SMILES string of the molecule is CCOC(=O)c1ncsc1NCC(C)C(C)(C)C. The highest BCUT2D eigenvalue weighted by molar-refractivity contribution is 7.14. The molecule has 1 aromatic rings. The van der Waals surface area contributed by atoms with E-state index in [1.165, 1.54) is 11.3 Å². The van der Waals surface area contributed by atoms with E-state index >= 15 is 0 Å². The number of carbonyl (C=O) groups is 1. The van der Waals surface area contributed by atoms with Gasteiger partial charge in [-0.15, -0.1) is 11.3 Å². The van der Waals surface area contributed by atoms with Gasteiger partial charge in [-0.2, -0.15) is 0 Å². The zero-order valence-electron chi connectivity index (χ0n) is 11.7. The van der Waals surface area contributed by atoms with E-state index in [0.717, 1.165) is 11.5 Å². The smallest absolute Gasteiger partial charge is 0.360 e. The van der Waals surface area contributed by atoms with Crippen LogP contribution in [0.3, 0.4) is 0 Å². The van der Waals surface area contributed by atoms with Gasteiger partial charge in [-0.1, -0.05) is 27.7 Å². The van der Waals surface area contributed by atoms with Crippen LogP contribution in [0.5, 0.6) is 0 Å². The first kappa shape index (κ1) is 15.0. The van der Waals surface area contributed by atoms with Gasteiger partial charge < -0.3 is 10.1 Å². The summed E-state index contributed by atoms with van der Waals surface area (Å²) in [6.07, 6.45) is 0. The van der Waals surface area contributed by atoms with E-state index in [1.54, 1.807) is 12.4 Å². The molecule has 0 spiro atoms. The number of nitrogens with one attached hydrogen (secondary N) is 1. The zero-order chi connectivity index (χ0) is 13.8. The van der Waals surface area contributed by atoms with Gasteiger partial charge in [0.2, 0.25) is 0 Å². The van der Waals surface area contributed by atoms with E-state index in [0.29, 0.717) is 18.2 Å². The number of anilines is 1. The number of ether oxygens (including phenoxy) is 1. The van der Waals surface area contributed by atoms with Crippen LogP contribution >= 0.6 is 11.3 Å². The first-order valence-corrected chi connectivity index (χ1v) is 7.08. The summed E-state index contributed by atoms with van der Waals surface area (Å²) in [7, 11) is 0. The van der Waals surface area contributed by atoms with Crippen molar-refractivity contribution < 1.29 is 9.53 Å². The Morgan fingerprint density at radius 1 is 1.56 bits per heavy atom. The number of thiazole rings is 1. The van der Waals surface area contributed by atoms with Crippen molar-refractivity contribution in [2.75, 3.05) is 18.5 Å². The van der Waals surface area contributed by atoms with E-state index in [9.17, 15) is 4.79 Å². The van der Waals surface area contributed by atoms with E-state index < -0.39 is 0 Å². The van der Waals surface area contributed by atoms with Crippen molar-refractivity contribution in [1.29, 1.82) is 0 Å². The molecule has 0 saturated heterocycles. The minimum Gasteiger partial charge on any atom is -0.461 e. The predicted octanol–water partition coefficient (Wildman–Crippen LogP) is 3.41. The van der Waals surface area contributed by atoms with Gasteiger partial charge in [0.05, 0.1) is 12.1 Å². The van der Waals surface area contributed by atoms with Crippen molar-refractivity contribution in [3.8, 4) is 0 Å². The molecule has 0 saturated carbocycles. The van der Waals surface area contributed by atoms with Crippen molar-refractivity contribution in [3.63, 3.8) is 0 Å². The first-order valence-electron chi connectivity index (χ1n) is 6.20. The van der Waals surface area contributed by atoms with E-state index in [-0.39, 0.29) is 11.4 Å². The monoisotopic (exact) mass is 270 g/mol. The molecule has 1 unspecified atom stereocenters. The Labute approximate surface area is 113 Å². The molecule has 4 nitrogen and oxygen atoms in total. The van der Waals surface area contributed by atoms with Crippen LogP contribution < -0.4 is 5.32 Å². The van der Waals surface area contributed by atoms with Gasteiger partial charge in [-0.3, -0.25) is 0 Å². The van der Waals surface area contributed by atoms with Crippen LogP contribution in [0.2, 0.25) is 0 Å². The second-order valence-corrected chi connectivity index (χ2v) is 6.25. The molecule has 5 heteroatoms. The van der Waals surface area contributed by atoms with Crippen LogP contribution in [-0.2, 0) is 4.74 Å². The number of rotatable bonds is 5. The lowest BCUT2D eigenvalue weighted by Crippen LogP contribution is -2.25. The topological polar surface area (TPSA) is 51.2 Å². The van der Waals surface area contributed by atoms with E-state index in [4.69, 9.17) is 4.74 Å². The molecule has 1 rings (SSSR count). The molecule has 0 radical (unpaired) electrons. The number of carbonyl (C=O) groups excluding carboxylic acids is 1. The third-order valence-electron chi connectivity index (χ3n) is 3.08. The number of esters is 1. The third kappa shape index (κ3) is 3.98. The predicted molar refractivity (Wildman–Crippen MR) is 75.2 cm³/mol. The number of hydrogen-bond acceptors (Lipinski definition) is 5. The Morgan fingerprint density at radius 2 is 2.22 bits per heavy atom. The lowest BCUT2D eigenvalue weighted by atomic mass is 9.82. The molecule has 1 atom stereocenters. The fourth-order valence-corrected chi connectivity index (χ4v) is 1.95. The van der Waals surface area contributed by atoms with Gasteiger partial charge in [0.25, 0.3) is 0 Å². The van der Waals surface area contributed by atoms with Crippen molar-refractivity contribution in [1.82, 2.24) is 4.98 Å². The summed E-state index contributed by atoms with van der Waals surface area (Å²) >= 11 is 1.43. The third-order valence-corrected chi connectivity index (χ3v) is 3.87. The molecule has 0 bridgehead atoms. The Hall–Kier alpha value is -1.10. The molecule has 102 valence electrons.